The molecule has 0 atom stereocenters. The minimum absolute atomic E-state index is 0.0230. The summed E-state index contributed by atoms with van der Waals surface area (Å²) >= 11 is 1.32. The van der Waals surface area contributed by atoms with Crippen molar-refractivity contribution < 1.29 is 9.53 Å². The lowest BCUT2D eigenvalue weighted by Crippen LogP contribution is -2.28. The number of thioether (sulfide) groups is 1. The smallest absolute Gasteiger partial charge is 0.233 e. The predicted molar refractivity (Wildman–Crippen MR) is 97.0 cm³/mol. The number of amides is 1. The highest BCUT2D eigenvalue weighted by molar-refractivity contribution is 7.99. The Kier molecular flexibility index (Phi) is 5.47. The van der Waals surface area contributed by atoms with E-state index < -0.39 is 0 Å². The van der Waals surface area contributed by atoms with Crippen LogP contribution in [-0.4, -0.2) is 45.1 Å². The summed E-state index contributed by atoms with van der Waals surface area (Å²) in [6.07, 6.45) is 2.23. The molecule has 0 saturated heterocycles. The Morgan fingerprint density at radius 1 is 1.36 bits per heavy atom. The number of rotatable bonds is 8. The SMILES string of the molecule is CCOc1ccc(CN(C)C(=O)CSc2nnc(C3CC3)n2N)cc1. The summed E-state index contributed by atoms with van der Waals surface area (Å²) in [5, 5.41) is 8.80. The number of hydrogen-bond acceptors (Lipinski definition) is 6. The largest absolute Gasteiger partial charge is 0.494 e. The Morgan fingerprint density at radius 2 is 2.08 bits per heavy atom. The quantitative estimate of drug-likeness (QED) is 0.572. The molecule has 3 rings (SSSR count). The lowest BCUT2D eigenvalue weighted by molar-refractivity contribution is -0.127. The van der Waals surface area contributed by atoms with Crippen molar-refractivity contribution in [3.05, 3.63) is 35.7 Å². The molecule has 1 aromatic carbocycles. The number of carbonyl (C=O) groups excluding carboxylic acids is 1. The summed E-state index contributed by atoms with van der Waals surface area (Å²) in [7, 11) is 1.79. The molecule has 7 nitrogen and oxygen atoms in total. The summed E-state index contributed by atoms with van der Waals surface area (Å²) in [5.74, 6) is 8.40. The zero-order chi connectivity index (χ0) is 17.8. The van der Waals surface area contributed by atoms with E-state index in [1.165, 1.54) is 16.4 Å². The third-order valence-electron chi connectivity index (χ3n) is 4.04. The number of benzene rings is 1. The van der Waals surface area contributed by atoms with E-state index in [4.69, 9.17) is 10.6 Å². The number of carbonyl (C=O) groups is 1. The van der Waals surface area contributed by atoms with Crippen molar-refractivity contribution in [3.8, 4) is 5.75 Å². The van der Waals surface area contributed by atoms with Gasteiger partial charge in [0.2, 0.25) is 11.1 Å². The monoisotopic (exact) mass is 361 g/mol. The molecule has 0 unspecified atom stereocenters. The maximum absolute atomic E-state index is 12.3. The second kappa shape index (κ2) is 7.77. The van der Waals surface area contributed by atoms with E-state index in [2.05, 4.69) is 10.2 Å². The summed E-state index contributed by atoms with van der Waals surface area (Å²) in [6.45, 7) is 3.14. The first-order valence-corrected chi connectivity index (χ1v) is 9.36. The predicted octanol–water partition coefficient (Wildman–Crippen LogP) is 2.02. The van der Waals surface area contributed by atoms with Gasteiger partial charge < -0.3 is 15.5 Å². The van der Waals surface area contributed by atoms with Gasteiger partial charge in [0, 0.05) is 19.5 Å². The average molecular weight is 361 g/mol. The third kappa shape index (κ3) is 4.45. The van der Waals surface area contributed by atoms with Crippen LogP contribution in [0, 0.1) is 0 Å². The molecule has 0 bridgehead atoms. The van der Waals surface area contributed by atoms with Crippen molar-refractivity contribution >= 4 is 17.7 Å². The Labute approximate surface area is 151 Å². The van der Waals surface area contributed by atoms with E-state index in [9.17, 15) is 4.79 Å². The number of nitrogen functional groups attached to an aromatic ring is 1. The Morgan fingerprint density at radius 3 is 2.72 bits per heavy atom. The van der Waals surface area contributed by atoms with E-state index in [1.807, 2.05) is 31.2 Å². The fraction of sp³-hybridized carbons (Fsp3) is 0.471. The standard InChI is InChI=1S/C17H23N5O2S/c1-3-24-14-8-4-12(5-9-14)10-21(2)15(23)11-25-17-20-19-16(22(17)18)13-6-7-13/h4-5,8-9,13H,3,6-7,10-11,18H2,1-2H3. The maximum atomic E-state index is 12.3. The second-order valence-corrected chi connectivity index (χ2v) is 7.04. The summed E-state index contributed by atoms with van der Waals surface area (Å²) in [4.78, 5) is 14.0. The van der Waals surface area contributed by atoms with Crippen molar-refractivity contribution in [2.75, 3.05) is 25.3 Å². The molecule has 1 aliphatic rings. The summed E-state index contributed by atoms with van der Waals surface area (Å²) in [5.41, 5.74) is 1.06. The second-order valence-electron chi connectivity index (χ2n) is 6.10. The fourth-order valence-corrected chi connectivity index (χ4v) is 3.27. The molecule has 8 heteroatoms. The molecule has 1 fully saturated rings. The van der Waals surface area contributed by atoms with Gasteiger partial charge in [-0.25, -0.2) is 4.68 Å². The van der Waals surface area contributed by atoms with Crippen LogP contribution in [0.4, 0.5) is 0 Å². The lowest BCUT2D eigenvalue weighted by Gasteiger charge is -2.17. The van der Waals surface area contributed by atoms with Gasteiger partial charge in [-0.2, -0.15) is 0 Å². The van der Waals surface area contributed by atoms with Gasteiger partial charge in [0.1, 0.15) is 5.75 Å². The van der Waals surface area contributed by atoms with Crippen LogP contribution in [0.2, 0.25) is 0 Å². The average Bonchev–Trinajstić information content (AvgIpc) is 3.38. The topological polar surface area (TPSA) is 86.3 Å². The van der Waals surface area contributed by atoms with Gasteiger partial charge in [0.15, 0.2) is 5.82 Å². The van der Waals surface area contributed by atoms with E-state index in [0.29, 0.717) is 24.2 Å². The molecular weight excluding hydrogens is 338 g/mol. The van der Waals surface area contributed by atoms with Crippen molar-refractivity contribution in [2.45, 2.75) is 37.4 Å². The van der Waals surface area contributed by atoms with E-state index in [-0.39, 0.29) is 11.7 Å². The minimum atomic E-state index is 0.0230. The molecule has 1 aromatic heterocycles. The van der Waals surface area contributed by atoms with Crippen LogP contribution in [0.5, 0.6) is 5.75 Å². The van der Waals surface area contributed by atoms with Gasteiger partial charge in [-0.05, 0) is 37.5 Å². The highest BCUT2D eigenvalue weighted by atomic mass is 32.2. The molecule has 134 valence electrons. The molecule has 1 amide bonds. The molecule has 2 N–H and O–H groups in total. The minimum Gasteiger partial charge on any atom is -0.494 e. The van der Waals surface area contributed by atoms with Crippen LogP contribution in [0.25, 0.3) is 0 Å². The van der Waals surface area contributed by atoms with Gasteiger partial charge in [0.05, 0.1) is 12.4 Å². The van der Waals surface area contributed by atoms with E-state index in [0.717, 1.165) is 30.0 Å². The fourth-order valence-electron chi connectivity index (χ4n) is 2.46. The first kappa shape index (κ1) is 17.6. The normalized spacial score (nSPS) is 13.7. The van der Waals surface area contributed by atoms with Crippen LogP contribution in [-0.2, 0) is 11.3 Å². The van der Waals surface area contributed by atoms with Crippen molar-refractivity contribution in [1.82, 2.24) is 19.8 Å². The van der Waals surface area contributed by atoms with Crippen LogP contribution in [0.15, 0.2) is 29.4 Å². The first-order chi connectivity index (χ1) is 12.1. The first-order valence-electron chi connectivity index (χ1n) is 8.37. The summed E-state index contributed by atoms with van der Waals surface area (Å²) < 4.78 is 6.94. The number of hydrogen-bond donors (Lipinski definition) is 1. The summed E-state index contributed by atoms with van der Waals surface area (Å²) in [6, 6.07) is 7.78. The van der Waals surface area contributed by atoms with Gasteiger partial charge in [-0.3, -0.25) is 4.79 Å². The van der Waals surface area contributed by atoms with Gasteiger partial charge in [-0.15, -0.1) is 10.2 Å². The molecule has 2 aromatic rings. The maximum Gasteiger partial charge on any atom is 0.233 e. The lowest BCUT2D eigenvalue weighted by atomic mass is 10.2. The number of aromatic nitrogens is 3. The van der Waals surface area contributed by atoms with Gasteiger partial charge in [0.25, 0.3) is 0 Å². The molecule has 0 aliphatic heterocycles. The third-order valence-corrected chi connectivity index (χ3v) is 4.97. The molecule has 25 heavy (non-hydrogen) atoms. The molecule has 1 heterocycles. The highest BCUT2D eigenvalue weighted by Gasteiger charge is 2.30. The number of nitrogens with zero attached hydrogens (tertiary/aromatic N) is 4. The van der Waals surface area contributed by atoms with Gasteiger partial charge >= 0.3 is 0 Å². The van der Waals surface area contributed by atoms with Crippen LogP contribution in [0.1, 0.15) is 37.1 Å². The number of ether oxygens (including phenoxy) is 1. The molecule has 0 spiro atoms. The molecular formula is C17H23N5O2S. The molecule has 0 radical (unpaired) electrons. The highest BCUT2D eigenvalue weighted by Crippen LogP contribution is 2.39. The zero-order valence-corrected chi connectivity index (χ0v) is 15.3. The number of nitrogens with two attached hydrogens (primary N) is 1. The van der Waals surface area contributed by atoms with Crippen molar-refractivity contribution in [1.29, 1.82) is 0 Å². The van der Waals surface area contributed by atoms with Gasteiger partial charge in [-0.1, -0.05) is 23.9 Å². The molecule has 1 saturated carbocycles. The van der Waals surface area contributed by atoms with Crippen LogP contribution >= 0.6 is 11.8 Å². The van der Waals surface area contributed by atoms with E-state index in [1.54, 1.807) is 11.9 Å². The van der Waals surface area contributed by atoms with Crippen LogP contribution < -0.4 is 10.6 Å². The van der Waals surface area contributed by atoms with Crippen LogP contribution in [0.3, 0.4) is 0 Å². The Balaban J connectivity index is 1.50. The Bertz CT molecular complexity index is 727. The van der Waals surface area contributed by atoms with Crippen molar-refractivity contribution in [2.24, 2.45) is 0 Å². The zero-order valence-electron chi connectivity index (χ0n) is 14.5. The Hall–Kier alpha value is -2.22. The van der Waals surface area contributed by atoms with E-state index >= 15 is 0 Å². The van der Waals surface area contributed by atoms with Crippen molar-refractivity contribution in [3.63, 3.8) is 0 Å². The molecule has 1 aliphatic carbocycles.